The molecule has 1 atom stereocenters. The molecule has 0 bridgehead atoms. The highest BCUT2D eigenvalue weighted by atomic mass is 32.2. The largest absolute Gasteiger partial charge is 0.457 e. The molecular weight excluding hydrogens is 458 g/mol. The zero-order valence-electron chi connectivity index (χ0n) is 18.4. The summed E-state index contributed by atoms with van der Waals surface area (Å²) >= 11 is 3.02. The van der Waals surface area contributed by atoms with Crippen molar-refractivity contribution in [3.05, 3.63) is 80.7 Å². The Kier molecular flexibility index (Phi) is 7.64. The normalized spacial score (nSPS) is 17.4. The number of allylic oxidation sites excluding steroid dienone is 1. The van der Waals surface area contributed by atoms with Gasteiger partial charge in [0.05, 0.1) is 24.3 Å². The summed E-state index contributed by atoms with van der Waals surface area (Å²) in [6.07, 6.45) is 0.184. The molecule has 33 heavy (non-hydrogen) atoms. The number of nitrogens with one attached hydrogen (secondary N) is 1. The van der Waals surface area contributed by atoms with Crippen molar-refractivity contribution in [1.82, 2.24) is 10.2 Å². The molecule has 2 aliphatic rings. The lowest BCUT2D eigenvalue weighted by Gasteiger charge is -2.35. The molecule has 9 heteroatoms. The molecule has 7 nitrogen and oxygen atoms in total. The Hall–Kier alpha value is -2.88. The number of carbonyl (C=O) groups excluding carboxylic acids is 2. The number of rotatable bonds is 9. The number of amidine groups is 1. The molecule has 0 saturated heterocycles. The molecule has 0 unspecified atom stereocenters. The third-order valence-electron chi connectivity index (χ3n) is 5.22. The van der Waals surface area contributed by atoms with E-state index in [1.54, 1.807) is 18.4 Å². The summed E-state index contributed by atoms with van der Waals surface area (Å²) in [7, 11) is 1.59. The molecule has 0 spiro atoms. The number of hydrogen-bond donors (Lipinski definition) is 1. The number of methoxy groups -OCH3 is 1. The van der Waals surface area contributed by atoms with E-state index in [9.17, 15) is 9.59 Å². The van der Waals surface area contributed by atoms with Gasteiger partial charge in [0.1, 0.15) is 12.6 Å². The number of aliphatic imine (C=N–C) groups is 1. The number of fused-ring (bicyclic) bond motifs is 1. The van der Waals surface area contributed by atoms with Crippen LogP contribution in [0.25, 0.3) is 0 Å². The van der Waals surface area contributed by atoms with Crippen molar-refractivity contribution in [3.63, 3.8) is 0 Å². The van der Waals surface area contributed by atoms with Crippen molar-refractivity contribution in [2.75, 3.05) is 20.3 Å². The van der Waals surface area contributed by atoms with Gasteiger partial charge in [-0.15, -0.1) is 11.3 Å². The van der Waals surface area contributed by atoms with E-state index in [2.05, 4.69) is 10.3 Å². The smallest absolute Gasteiger partial charge is 0.338 e. The fourth-order valence-corrected chi connectivity index (χ4v) is 5.45. The van der Waals surface area contributed by atoms with Gasteiger partial charge in [-0.3, -0.25) is 4.79 Å². The molecule has 1 amide bonds. The number of thioether (sulfide) groups is 1. The minimum atomic E-state index is -0.404. The van der Waals surface area contributed by atoms with E-state index in [1.807, 2.05) is 65.1 Å². The van der Waals surface area contributed by atoms with Gasteiger partial charge in [0, 0.05) is 24.2 Å². The van der Waals surface area contributed by atoms with Crippen molar-refractivity contribution in [1.29, 1.82) is 0 Å². The van der Waals surface area contributed by atoms with Gasteiger partial charge in [0.2, 0.25) is 5.91 Å². The van der Waals surface area contributed by atoms with Gasteiger partial charge in [0.15, 0.2) is 5.17 Å². The van der Waals surface area contributed by atoms with Gasteiger partial charge in [0.25, 0.3) is 0 Å². The lowest BCUT2D eigenvalue weighted by Crippen LogP contribution is -2.38. The molecule has 2 aliphatic heterocycles. The summed E-state index contributed by atoms with van der Waals surface area (Å²) in [5, 5.41) is 7.52. The Bertz CT molecular complexity index is 1090. The Balaban J connectivity index is 1.58. The summed E-state index contributed by atoms with van der Waals surface area (Å²) in [5.41, 5.74) is 2.84. The van der Waals surface area contributed by atoms with Crippen molar-refractivity contribution >= 4 is 40.1 Å². The second-order valence-corrected chi connectivity index (χ2v) is 9.31. The number of ether oxygens (including phenoxy) is 2. The molecule has 1 aromatic carbocycles. The molecule has 0 aliphatic carbocycles. The average molecular weight is 484 g/mol. The van der Waals surface area contributed by atoms with E-state index >= 15 is 0 Å². The average Bonchev–Trinajstić information content (AvgIpc) is 3.48. The second kappa shape index (κ2) is 10.8. The van der Waals surface area contributed by atoms with Crippen LogP contribution in [-0.2, 0) is 25.7 Å². The predicted octanol–water partition coefficient (Wildman–Crippen LogP) is 4.22. The van der Waals surface area contributed by atoms with E-state index in [1.165, 1.54) is 11.8 Å². The summed E-state index contributed by atoms with van der Waals surface area (Å²) in [6.45, 7) is 2.91. The maximum Gasteiger partial charge on any atom is 0.338 e. The van der Waals surface area contributed by atoms with Gasteiger partial charge in [-0.1, -0.05) is 48.2 Å². The summed E-state index contributed by atoms with van der Waals surface area (Å²) < 4.78 is 10.7. The van der Waals surface area contributed by atoms with E-state index in [0.29, 0.717) is 24.4 Å². The highest BCUT2D eigenvalue weighted by Crippen LogP contribution is 2.45. The Labute approximate surface area is 201 Å². The molecule has 0 fully saturated rings. The van der Waals surface area contributed by atoms with Gasteiger partial charge >= 0.3 is 5.97 Å². The fraction of sp³-hybridized carbons (Fsp3) is 0.292. The van der Waals surface area contributed by atoms with Crippen molar-refractivity contribution in [3.8, 4) is 0 Å². The molecule has 1 N–H and O–H groups in total. The van der Waals surface area contributed by atoms with Crippen LogP contribution in [0.2, 0.25) is 0 Å². The SMILES string of the molecule is COCCNC(=O)CC1=CSC2=NC(C)=C(C(=O)OCc3ccccc3)[C@@H](c3cccs3)N12. The summed E-state index contributed by atoms with van der Waals surface area (Å²) in [5.74, 6) is -0.511. The molecular formula is C24H25N3O4S2. The van der Waals surface area contributed by atoms with Crippen LogP contribution in [0.4, 0.5) is 0 Å². The van der Waals surface area contributed by atoms with E-state index < -0.39 is 12.0 Å². The monoisotopic (exact) mass is 483 g/mol. The van der Waals surface area contributed by atoms with Crippen LogP contribution in [0.1, 0.15) is 29.8 Å². The Morgan fingerprint density at radius 2 is 2.00 bits per heavy atom. The minimum absolute atomic E-state index is 0.107. The maximum absolute atomic E-state index is 13.3. The number of amides is 1. The lowest BCUT2D eigenvalue weighted by molar-refractivity contribution is -0.141. The van der Waals surface area contributed by atoms with Crippen LogP contribution in [0.3, 0.4) is 0 Å². The first-order valence-corrected chi connectivity index (χ1v) is 12.3. The highest BCUT2D eigenvalue weighted by molar-refractivity contribution is 8.16. The topological polar surface area (TPSA) is 80.2 Å². The molecule has 0 saturated carbocycles. The van der Waals surface area contributed by atoms with Crippen LogP contribution >= 0.6 is 23.1 Å². The number of thiophene rings is 1. The lowest BCUT2D eigenvalue weighted by atomic mass is 9.99. The fourth-order valence-electron chi connectivity index (χ4n) is 3.67. The number of carbonyl (C=O) groups is 2. The van der Waals surface area contributed by atoms with E-state index in [0.717, 1.165) is 21.3 Å². The van der Waals surface area contributed by atoms with Crippen LogP contribution in [0, 0.1) is 0 Å². The number of benzene rings is 1. The standard InChI is InChI=1S/C24H25N3O4S2/c1-16-21(23(29)31-14-17-7-4-3-5-8-17)22(19-9-6-12-32-19)27-18(15-33-24(27)26-16)13-20(28)25-10-11-30-2/h3-9,12,15,22H,10-11,13-14H2,1-2H3,(H,25,28)/t22-/m1/s1. The van der Waals surface area contributed by atoms with Gasteiger partial charge in [-0.2, -0.15) is 0 Å². The van der Waals surface area contributed by atoms with Crippen molar-refractivity contribution in [2.24, 2.45) is 4.99 Å². The molecule has 0 radical (unpaired) electrons. The van der Waals surface area contributed by atoms with Crippen molar-refractivity contribution in [2.45, 2.75) is 26.0 Å². The zero-order valence-corrected chi connectivity index (χ0v) is 20.1. The number of nitrogens with zero attached hydrogens (tertiary/aromatic N) is 2. The predicted molar refractivity (Wildman–Crippen MR) is 130 cm³/mol. The third-order valence-corrected chi connectivity index (χ3v) is 7.03. The third kappa shape index (κ3) is 5.38. The maximum atomic E-state index is 13.3. The first-order valence-electron chi connectivity index (χ1n) is 10.5. The Morgan fingerprint density at radius 1 is 1.18 bits per heavy atom. The molecule has 4 rings (SSSR count). The first kappa shape index (κ1) is 23.3. The Morgan fingerprint density at radius 3 is 2.73 bits per heavy atom. The first-order chi connectivity index (χ1) is 16.1. The highest BCUT2D eigenvalue weighted by Gasteiger charge is 2.41. The van der Waals surface area contributed by atoms with Crippen LogP contribution in [-0.4, -0.2) is 42.2 Å². The molecule has 1 aromatic heterocycles. The van der Waals surface area contributed by atoms with Gasteiger partial charge in [-0.25, -0.2) is 9.79 Å². The number of esters is 1. The van der Waals surface area contributed by atoms with Crippen LogP contribution < -0.4 is 5.32 Å². The van der Waals surface area contributed by atoms with Gasteiger partial charge in [-0.05, 0) is 29.3 Å². The van der Waals surface area contributed by atoms with E-state index in [4.69, 9.17) is 9.47 Å². The van der Waals surface area contributed by atoms with Crippen LogP contribution in [0.5, 0.6) is 0 Å². The summed E-state index contributed by atoms with van der Waals surface area (Å²) in [4.78, 5) is 33.4. The molecule has 3 heterocycles. The van der Waals surface area contributed by atoms with Crippen LogP contribution in [0.15, 0.2) is 75.2 Å². The van der Waals surface area contributed by atoms with E-state index in [-0.39, 0.29) is 18.9 Å². The summed E-state index contributed by atoms with van der Waals surface area (Å²) in [6, 6.07) is 13.1. The number of hydrogen-bond acceptors (Lipinski definition) is 8. The van der Waals surface area contributed by atoms with Gasteiger partial charge < -0.3 is 19.7 Å². The molecule has 2 aromatic rings. The zero-order chi connectivity index (χ0) is 23.2. The second-order valence-electron chi connectivity index (χ2n) is 7.49. The van der Waals surface area contributed by atoms with Crippen molar-refractivity contribution < 1.29 is 19.1 Å². The molecule has 172 valence electrons. The minimum Gasteiger partial charge on any atom is -0.457 e. The quantitative estimate of drug-likeness (QED) is 0.425.